The number of amides is 1. The molecule has 1 N–H and O–H groups in total. The largest absolute Gasteiger partial charge is 0.339 e. The predicted octanol–water partition coefficient (Wildman–Crippen LogP) is 23.2. The lowest BCUT2D eigenvalue weighted by molar-refractivity contribution is 0.0722. The normalized spacial score (nSPS) is 22.2. The highest BCUT2D eigenvalue weighted by atomic mass is 16.2. The number of nitrogens with zero attached hydrogens (tertiary/aromatic N) is 4. The lowest BCUT2D eigenvalue weighted by atomic mass is 9.81. The van der Waals surface area contributed by atoms with Gasteiger partial charge in [0.05, 0.1) is 23.5 Å². The Hall–Kier alpha value is -3.95. The number of hydrogen-bond donors (Lipinski definition) is 1. The van der Waals surface area contributed by atoms with Crippen LogP contribution in [0.3, 0.4) is 0 Å². The van der Waals surface area contributed by atoms with E-state index in [1.807, 2.05) is 30.5 Å². The number of nitrogens with one attached hydrogen (secondary N) is 1. The first kappa shape index (κ1) is 67.2. The average Bonchev–Trinajstić information content (AvgIpc) is 4.08. The van der Waals surface area contributed by atoms with Gasteiger partial charge < -0.3 is 10.2 Å². The van der Waals surface area contributed by atoms with Crippen molar-refractivity contribution < 1.29 is 4.79 Å². The zero-order chi connectivity index (χ0) is 57.1. The number of rotatable bonds is 3. The van der Waals surface area contributed by atoms with Crippen molar-refractivity contribution in [1.82, 2.24) is 19.6 Å². The molecule has 0 radical (unpaired) electrons. The smallest absolute Gasteiger partial charge is 0.253 e. The molecule has 1 amide bonds. The number of fused-ring (bicyclic) bond motifs is 1. The van der Waals surface area contributed by atoms with E-state index in [4.69, 9.17) is 0 Å². The number of benzene rings is 2. The van der Waals surface area contributed by atoms with Gasteiger partial charge in [0.1, 0.15) is 5.65 Å². The first-order valence-corrected chi connectivity index (χ1v) is 35.8. The van der Waals surface area contributed by atoms with Crippen LogP contribution >= 0.6 is 0 Å². The monoisotopic (exact) mass is 1120 g/mol. The Morgan fingerprint density at radius 1 is 0.390 bits per heavy atom. The van der Waals surface area contributed by atoms with Crippen molar-refractivity contribution in [3.8, 4) is 28.5 Å². The number of pyridine rings is 1. The van der Waals surface area contributed by atoms with Gasteiger partial charge in [-0.1, -0.05) is 320 Å². The highest BCUT2D eigenvalue weighted by Crippen LogP contribution is 2.31. The Bertz CT molecular complexity index is 2230. The summed E-state index contributed by atoms with van der Waals surface area (Å²) in [6.07, 6.45) is 75.5. The van der Waals surface area contributed by atoms with Crippen LogP contribution in [0.15, 0.2) is 73.1 Å². The van der Waals surface area contributed by atoms with Gasteiger partial charge in [0.15, 0.2) is 0 Å². The minimum absolute atomic E-state index is 0.144. The van der Waals surface area contributed by atoms with E-state index in [0.29, 0.717) is 5.56 Å². The molecule has 0 bridgehead atoms. The third kappa shape index (κ3) is 27.8. The number of piperidine rings is 1. The summed E-state index contributed by atoms with van der Waals surface area (Å²) in [5.74, 6) is 0.181. The van der Waals surface area contributed by atoms with Gasteiger partial charge in [-0.3, -0.25) is 9.20 Å². The van der Waals surface area contributed by atoms with Crippen molar-refractivity contribution in [2.45, 2.75) is 333 Å². The third-order valence-corrected chi connectivity index (χ3v) is 19.3. The van der Waals surface area contributed by atoms with E-state index in [9.17, 15) is 10.1 Å². The molecule has 6 heteroatoms. The third-order valence-electron chi connectivity index (χ3n) is 19.3. The molecular weight excluding hydrogens is 999 g/mol. The van der Waals surface area contributed by atoms with Crippen LogP contribution in [-0.2, 0) is 0 Å². The van der Waals surface area contributed by atoms with Crippen molar-refractivity contribution in [2.24, 2.45) is 0 Å². The Morgan fingerprint density at radius 2 is 0.744 bits per heavy atom. The summed E-state index contributed by atoms with van der Waals surface area (Å²) in [5.41, 5.74) is 6.62. The van der Waals surface area contributed by atoms with Gasteiger partial charge in [0, 0.05) is 36.0 Å². The molecule has 4 heterocycles. The van der Waals surface area contributed by atoms with Crippen LogP contribution in [0.2, 0.25) is 0 Å². The molecule has 2 aliphatic rings. The van der Waals surface area contributed by atoms with Gasteiger partial charge in [-0.15, -0.1) is 0 Å². The lowest BCUT2D eigenvalue weighted by Crippen LogP contribution is -2.51. The van der Waals surface area contributed by atoms with Gasteiger partial charge in [-0.2, -0.15) is 5.26 Å². The second kappa shape index (κ2) is 43.6. The zero-order valence-corrected chi connectivity index (χ0v) is 52.8. The minimum Gasteiger partial charge on any atom is -0.339 e. The number of imidazole rings is 1. The fourth-order valence-corrected chi connectivity index (χ4v) is 13.9. The second-order valence-electron chi connectivity index (χ2n) is 26.3. The Kier molecular flexibility index (Phi) is 35.8. The Morgan fingerprint density at radius 3 is 1.12 bits per heavy atom. The summed E-state index contributed by atoms with van der Waals surface area (Å²) in [6, 6.07) is 22.4. The number of carbonyl (C=O) groups is 1. The maximum Gasteiger partial charge on any atom is 0.253 e. The number of hydrogen-bond acceptors (Lipinski definition) is 4. The lowest BCUT2D eigenvalue weighted by Gasteiger charge is -2.40. The van der Waals surface area contributed by atoms with Gasteiger partial charge >= 0.3 is 0 Å². The van der Waals surface area contributed by atoms with Crippen LogP contribution in [0.25, 0.3) is 28.0 Å². The summed E-state index contributed by atoms with van der Waals surface area (Å²) in [4.78, 5) is 21.5. The van der Waals surface area contributed by atoms with Gasteiger partial charge in [-0.25, -0.2) is 4.98 Å². The number of carbonyl (C=O) groups excluding carboxylic acids is 1. The van der Waals surface area contributed by atoms with Crippen molar-refractivity contribution in [1.29, 1.82) is 5.26 Å². The summed E-state index contributed by atoms with van der Waals surface area (Å²) in [7, 11) is 0. The molecule has 6 rings (SSSR count). The molecule has 2 fully saturated rings. The molecule has 2 saturated heterocycles. The van der Waals surface area contributed by atoms with E-state index >= 15 is 0 Å². The highest BCUT2D eigenvalue weighted by molar-refractivity contribution is 5.94. The predicted molar refractivity (Wildman–Crippen MR) is 353 cm³/mol. The fourth-order valence-electron chi connectivity index (χ4n) is 13.9. The molecular formula is C76H121N5O. The summed E-state index contributed by atoms with van der Waals surface area (Å²) < 4.78 is 2.12. The topological polar surface area (TPSA) is 73.4 Å². The maximum atomic E-state index is 14.6. The molecule has 0 saturated carbocycles. The summed E-state index contributed by atoms with van der Waals surface area (Å²) in [6.45, 7) is 2.77. The fraction of sp³-hybridized carbons (Fsp3) is 0.724. The van der Waals surface area contributed by atoms with Gasteiger partial charge in [0.2, 0.25) is 0 Å². The molecule has 6 nitrogen and oxygen atoms in total. The second-order valence-corrected chi connectivity index (χ2v) is 26.3. The molecule has 1 unspecified atom stereocenters. The van der Waals surface area contributed by atoms with Crippen LogP contribution < -0.4 is 5.32 Å². The van der Waals surface area contributed by atoms with Crippen LogP contribution in [0.5, 0.6) is 0 Å². The Balaban J connectivity index is 0.941. The maximum absolute atomic E-state index is 14.6. The van der Waals surface area contributed by atoms with Crippen LogP contribution in [0.4, 0.5) is 0 Å². The van der Waals surface area contributed by atoms with E-state index in [1.54, 1.807) is 0 Å². The van der Waals surface area contributed by atoms with Crippen molar-refractivity contribution in [2.75, 3.05) is 19.6 Å². The van der Waals surface area contributed by atoms with Crippen molar-refractivity contribution in [3.63, 3.8) is 0 Å². The number of aromatic nitrogens is 2. The van der Waals surface area contributed by atoms with E-state index in [1.165, 1.54) is 315 Å². The average molecular weight is 1120 g/mol. The van der Waals surface area contributed by atoms with E-state index in [0.717, 1.165) is 66.1 Å². The summed E-state index contributed by atoms with van der Waals surface area (Å²) in [5, 5.41) is 13.4. The van der Waals surface area contributed by atoms with Gasteiger partial charge in [-0.05, 0) is 86.2 Å². The standard InChI is InChI=1S/C76H121N5O/c77-65-68-49-51-70(52-50-68)73-66-78-74-58-57-72(67-81(73)74)69-53-55-71(56-54-69)75(82)80-63-48-44-42-40-38-36-34-32-30-28-26-24-22-20-18-16-14-12-10-8-6-4-2-1-3-5-7-9-11-13-15-17-19-21-23-25-27-29-31-33-35-37-39-41-43-45-59-76(61-64-80)60-46-47-62-79-76/h49-58,66-67,79H,1-48,59-64H2. The first-order chi connectivity index (χ1) is 40.6. The van der Waals surface area contributed by atoms with E-state index in [2.05, 4.69) is 68.3 Å². The highest BCUT2D eigenvalue weighted by Gasteiger charge is 2.32. The first-order valence-electron chi connectivity index (χ1n) is 35.8. The molecule has 4 aromatic rings. The molecule has 2 aliphatic heterocycles. The molecule has 1 spiro atoms. The van der Waals surface area contributed by atoms with Crippen LogP contribution in [-0.4, -0.2) is 45.4 Å². The molecule has 0 aliphatic carbocycles. The quantitative estimate of drug-likeness (QED) is 0.222. The number of nitriles is 1. The van der Waals surface area contributed by atoms with Crippen molar-refractivity contribution in [3.05, 3.63) is 84.2 Å². The van der Waals surface area contributed by atoms with Gasteiger partial charge in [0.25, 0.3) is 5.91 Å². The molecule has 456 valence electrons. The zero-order valence-electron chi connectivity index (χ0n) is 52.8. The molecule has 2 aromatic carbocycles. The molecule has 82 heavy (non-hydrogen) atoms. The SMILES string of the molecule is N#Cc1ccc(-c2cnc3ccc(-c4ccc(C(=O)N5CCCCCCCCCCCCCCCCCCCCCCCCCCCCCCCCCCCCCCCCCCCCCCCCC6(CCCCN6)CC5)cc4)cn23)cc1. The van der Waals surface area contributed by atoms with Crippen molar-refractivity contribution >= 4 is 11.6 Å². The Labute approximate surface area is 504 Å². The van der Waals surface area contributed by atoms with Crippen LogP contribution in [0, 0.1) is 11.3 Å². The summed E-state index contributed by atoms with van der Waals surface area (Å²) >= 11 is 0. The van der Waals surface area contributed by atoms with E-state index in [-0.39, 0.29) is 11.4 Å². The molecule has 2 aromatic heterocycles. The molecule has 1 atom stereocenters. The van der Waals surface area contributed by atoms with Crippen LogP contribution in [0.1, 0.15) is 343 Å². The minimum atomic E-state index is 0.144. The van der Waals surface area contributed by atoms with E-state index < -0.39 is 0 Å².